The van der Waals surface area contributed by atoms with Crippen molar-refractivity contribution in [1.29, 1.82) is 0 Å². The molecule has 0 atom stereocenters. The average molecular weight is 474 g/mol. The molecule has 0 radical (unpaired) electrons. The summed E-state index contributed by atoms with van der Waals surface area (Å²) in [6.07, 6.45) is 1.56. The second-order valence-electron chi connectivity index (χ2n) is 9.05. The van der Waals surface area contributed by atoms with Gasteiger partial charge in [-0.3, -0.25) is 5.43 Å². The second-order valence-corrected chi connectivity index (χ2v) is 9.46. The highest BCUT2D eigenvalue weighted by Crippen LogP contribution is 2.35. The van der Waals surface area contributed by atoms with Crippen LogP contribution >= 0.6 is 12.2 Å². The Kier molecular flexibility index (Phi) is 7.17. The first-order valence-electron chi connectivity index (χ1n) is 11.6. The maximum atomic E-state index is 6.21. The predicted octanol–water partition coefficient (Wildman–Crippen LogP) is 6.39. The molecule has 0 aliphatic carbocycles. The van der Waals surface area contributed by atoms with Crippen molar-refractivity contribution in [3.05, 3.63) is 89.0 Å². The topological polar surface area (TPSA) is 54.9 Å². The molecule has 5 nitrogen and oxygen atoms in total. The number of para-hydroxylation sites is 1. The van der Waals surface area contributed by atoms with Crippen LogP contribution in [-0.2, 0) is 13.0 Å². The molecule has 4 rings (SSSR count). The first-order chi connectivity index (χ1) is 16.3. The number of ether oxygens (including phenoxy) is 2. The monoisotopic (exact) mass is 473 g/mol. The third kappa shape index (κ3) is 5.75. The van der Waals surface area contributed by atoms with Gasteiger partial charge in [-0.05, 0) is 80.4 Å². The molecule has 0 spiro atoms. The zero-order valence-electron chi connectivity index (χ0n) is 20.1. The molecule has 0 saturated heterocycles. The maximum Gasteiger partial charge on any atom is 0.191 e. The van der Waals surface area contributed by atoms with Gasteiger partial charge in [0.1, 0.15) is 23.7 Å². The number of hydrogen-bond donors (Lipinski definition) is 2. The zero-order chi connectivity index (χ0) is 24.1. The van der Waals surface area contributed by atoms with Crippen LogP contribution in [-0.4, -0.2) is 16.4 Å². The Balaban J connectivity index is 1.52. The van der Waals surface area contributed by atoms with Gasteiger partial charge in [0, 0.05) is 17.7 Å². The minimum Gasteiger partial charge on any atom is -0.489 e. The molecule has 34 heavy (non-hydrogen) atoms. The van der Waals surface area contributed by atoms with E-state index in [2.05, 4.69) is 61.7 Å². The number of hydrazone groups is 1. The van der Waals surface area contributed by atoms with Gasteiger partial charge in [-0.1, -0.05) is 49.4 Å². The van der Waals surface area contributed by atoms with E-state index in [0.717, 1.165) is 40.4 Å². The summed E-state index contributed by atoms with van der Waals surface area (Å²) in [6, 6.07) is 22.3. The van der Waals surface area contributed by atoms with Crippen molar-refractivity contribution in [2.45, 2.75) is 52.7 Å². The van der Waals surface area contributed by atoms with E-state index >= 15 is 0 Å². The summed E-state index contributed by atoms with van der Waals surface area (Å²) in [6.45, 7) is 8.84. The van der Waals surface area contributed by atoms with E-state index in [-0.39, 0.29) is 5.60 Å². The van der Waals surface area contributed by atoms with Gasteiger partial charge in [0.15, 0.2) is 5.11 Å². The zero-order valence-corrected chi connectivity index (χ0v) is 21.0. The summed E-state index contributed by atoms with van der Waals surface area (Å²) in [5, 5.41) is 8.38. The minimum atomic E-state index is -0.374. The van der Waals surface area contributed by atoms with Crippen LogP contribution in [0.4, 0.5) is 5.69 Å². The fourth-order valence-electron chi connectivity index (χ4n) is 4.00. The number of nitrogens with one attached hydrogen (secondary N) is 2. The number of hydrogen-bond acceptors (Lipinski definition) is 4. The summed E-state index contributed by atoms with van der Waals surface area (Å²) in [7, 11) is 0. The summed E-state index contributed by atoms with van der Waals surface area (Å²) < 4.78 is 12.3. The average Bonchev–Trinajstić information content (AvgIpc) is 2.82. The molecule has 6 heteroatoms. The fraction of sp³-hybridized carbons (Fsp3) is 0.286. The number of anilines is 1. The molecular formula is C28H31N3O2S. The molecule has 0 unspecified atom stereocenters. The molecule has 176 valence electrons. The number of thiocarbonyl (C=S) groups is 1. The van der Waals surface area contributed by atoms with Gasteiger partial charge < -0.3 is 14.8 Å². The van der Waals surface area contributed by atoms with Gasteiger partial charge in [0.05, 0.1) is 5.71 Å². The van der Waals surface area contributed by atoms with E-state index in [1.54, 1.807) is 0 Å². The first kappa shape index (κ1) is 23.8. The van der Waals surface area contributed by atoms with Crippen LogP contribution in [0.5, 0.6) is 11.5 Å². The Morgan fingerprint density at radius 2 is 1.79 bits per heavy atom. The minimum absolute atomic E-state index is 0.374. The summed E-state index contributed by atoms with van der Waals surface area (Å²) in [5.41, 5.74) is 9.00. The van der Waals surface area contributed by atoms with Crippen molar-refractivity contribution < 1.29 is 9.47 Å². The van der Waals surface area contributed by atoms with Crippen molar-refractivity contribution in [2.75, 3.05) is 5.32 Å². The smallest absolute Gasteiger partial charge is 0.191 e. The highest BCUT2D eigenvalue weighted by molar-refractivity contribution is 7.80. The highest BCUT2D eigenvalue weighted by Gasteiger charge is 2.31. The van der Waals surface area contributed by atoms with E-state index in [1.165, 1.54) is 11.1 Å². The fourth-order valence-corrected chi connectivity index (χ4v) is 4.15. The van der Waals surface area contributed by atoms with Gasteiger partial charge in [-0.2, -0.15) is 5.10 Å². The number of aryl methyl sites for hydroxylation is 2. The Labute approximate surface area is 207 Å². The van der Waals surface area contributed by atoms with Crippen LogP contribution in [0, 0.1) is 6.92 Å². The predicted molar refractivity (Wildman–Crippen MR) is 143 cm³/mol. The lowest BCUT2D eigenvalue weighted by molar-refractivity contribution is 0.111. The molecule has 2 N–H and O–H groups in total. The standard InChI is InChI=1S/C28H31N3O2S/c1-5-20-11-8-9-13-24(20)29-27(34)31-30-25-17-28(3,4)33-26-15-14-22(16-23(25)26)32-18-21-12-7-6-10-19(21)2/h6-16H,5,17-18H2,1-4H3,(H2,29,31,34)/b30-25-. The van der Waals surface area contributed by atoms with Gasteiger partial charge in [0.2, 0.25) is 0 Å². The largest absolute Gasteiger partial charge is 0.489 e. The number of nitrogens with zero attached hydrogens (tertiary/aromatic N) is 1. The first-order valence-corrected chi connectivity index (χ1v) is 12.0. The highest BCUT2D eigenvalue weighted by atomic mass is 32.1. The summed E-state index contributed by atoms with van der Waals surface area (Å²) in [4.78, 5) is 0. The van der Waals surface area contributed by atoms with E-state index in [4.69, 9.17) is 21.7 Å². The normalized spacial score (nSPS) is 15.2. The van der Waals surface area contributed by atoms with Crippen LogP contribution in [0.25, 0.3) is 0 Å². The molecule has 0 fully saturated rings. The van der Waals surface area contributed by atoms with Crippen LogP contribution in [0.3, 0.4) is 0 Å². The van der Waals surface area contributed by atoms with E-state index in [1.807, 2.05) is 48.5 Å². The molecule has 0 aromatic heterocycles. The molecule has 1 heterocycles. The van der Waals surface area contributed by atoms with Crippen molar-refractivity contribution in [1.82, 2.24) is 5.43 Å². The molecule has 1 aliphatic rings. The lowest BCUT2D eigenvalue weighted by atomic mass is 9.92. The third-order valence-electron chi connectivity index (χ3n) is 5.84. The van der Waals surface area contributed by atoms with E-state index in [9.17, 15) is 0 Å². The van der Waals surface area contributed by atoms with Gasteiger partial charge >= 0.3 is 0 Å². The lowest BCUT2D eigenvalue weighted by Crippen LogP contribution is -2.37. The number of rotatable bonds is 6. The van der Waals surface area contributed by atoms with Gasteiger partial charge in [-0.15, -0.1) is 0 Å². The molecule has 0 saturated carbocycles. The van der Waals surface area contributed by atoms with Crippen LogP contribution in [0.1, 0.15) is 49.4 Å². The van der Waals surface area contributed by atoms with E-state index < -0.39 is 0 Å². The van der Waals surface area contributed by atoms with Crippen molar-refractivity contribution in [2.24, 2.45) is 5.10 Å². The van der Waals surface area contributed by atoms with E-state index in [0.29, 0.717) is 18.1 Å². The number of fused-ring (bicyclic) bond motifs is 1. The van der Waals surface area contributed by atoms with Crippen molar-refractivity contribution >= 4 is 28.7 Å². The Hall–Kier alpha value is -3.38. The molecule has 1 aliphatic heterocycles. The molecule has 3 aromatic rings. The van der Waals surface area contributed by atoms with Crippen LogP contribution < -0.4 is 20.2 Å². The van der Waals surface area contributed by atoms with Crippen LogP contribution in [0.2, 0.25) is 0 Å². The Morgan fingerprint density at radius 3 is 2.56 bits per heavy atom. The molecule has 0 bridgehead atoms. The van der Waals surface area contributed by atoms with Crippen molar-refractivity contribution in [3.63, 3.8) is 0 Å². The Morgan fingerprint density at radius 1 is 1.06 bits per heavy atom. The second kappa shape index (κ2) is 10.3. The lowest BCUT2D eigenvalue weighted by Gasteiger charge is -2.33. The molecular weight excluding hydrogens is 442 g/mol. The quantitative estimate of drug-likeness (QED) is 0.321. The summed E-state index contributed by atoms with van der Waals surface area (Å²) in [5.74, 6) is 1.56. The van der Waals surface area contributed by atoms with Crippen molar-refractivity contribution in [3.8, 4) is 11.5 Å². The van der Waals surface area contributed by atoms with Gasteiger partial charge in [-0.25, -0.2) is 0 Å². The number of benzene rings is 3. The molecule has 3 aromatic carbocycles. The van der Waals surface area contributed by atoms with Crippen LogP contribution in [0.15, 0.2) is 71.8 Å². The van der Waals surface area contributed by atoms with Gasteiger partial charge in [0.25, 0.3) is 0 Å². The third-order valence-corrected chi connectivity index (χ3v) is 6.03. The Bertz CT molecular complexity index is 1220. The molecule has 0 amide bonds. The summed E-state index contributed by atoms with van der Waals surface area (Å²) >= 11 is 5.52. The SMILES string of the molecule is CCc1ccccc1NC(=S)N/N=C1/CC(C)(C)Oc2ccc(OCc3ccccc3C)cc21. The maximum absolute atomic E-state index is 6.21.